The largest absolute Gasteiger partial charge is 0.382 e. The van der Waals surface area contributed by atoms with E-state index in [1.54, 1.807) is 24.5 Å². The Morgan fingerprint density at radius 1 is 1.33 bits per heavy atom. The molecular weight excluding hydrogens is 290 g/mol. The van der Waals surface area contributed by atoms with Crippen LogP contribution in [0.5, 0.6) is 0 Å². The Morgan fingerprint density at radius 2 is 2.00 bits per heavy atom. The highest BCUT2D eigenvalue weighted by atomic mass is 32.2. The minimum Gasteiger partial charge on any atom is -0.382 e. The molecule has 21 heavy (non-hydrogen) atoms. The van der Waals surface area contributed by atoms with Gasteiger partial charge in [-0.3, -0.25) is 4.98 Å². The number of unbranched alkanes of at least 4 members (excludes halogenated alkanes) is 1. The van der Waals surface area contributed by atoms with Crippen molar-refractivity contribution in [3.63, 3.8) is 0 Å². The lowest BCUT2D eigenvalue weighted by atomic mass is 10.3. The van der Waals surface area contributed by atoms with Crippen molar-refractivity contribution in [1.82, 2.24) is 14.8 Å². The molecule has 2 aromatic heterocycles. The van der Waals surface area contributed by atoms with Gasteiger partial charge < -0.3 is 11.1 Å². The molecule has 0 bridgehead atoms. The van der Waals surface area contributed by atoms with Crippen LogP contribution in [0.3, 0.4) is 0 Å². The van der Waals surface area contributed by atoms with Crippen LogP contribution in [0.4, 0.5) is 11.6 Å². The lowest BCUT2D eigenvalue weighted by Gasteiger charge is -2.03. The molecule has 0 saturated carbocycles. The number of nitrogens with zero attached hydrogens (tertiary/aromatic N) is 3. The molecule has 2 heterocycles. The van der Waals surface area contributed by atoms with Crippen LogP contribution >= 0.6 is 0 Å². The smallest absolute Gasteiger partial charge is 0.182 e. The minimum atomic E-state index is -3.47. The molecule has 7 nitrogen and oxygen atoms in total. The van der Waals surface area contributed by atoms with Gasteiger partial charge in [-0.05, 0) is 18.6 Å². The number of hydrogen-bond donors (Lipinski definition) is 2. The van der Waals surface area contributed by atoms with Crippen molar-refractivity contribution >= 4 is 21.5 Å². The van der Waals surface area contributed by atoms with E-state index in [1.165, 1.54) is 4.68 Å². The first-order chi connectivity index (χ1) is 9.95. The van der Waals surface area contributed by atoms with Crippen molar-refractivity contribution in [3.8, 4) is 5.69 Å². The fourth-order valence-corrected chi connectivity index (χ4v) is 2.89. The molecule has 0 atom stereocenters. The molecule has 0 saturated heterocycles. The number of aromatic nitrogens is 3. The highest BCUT2D eigenvalue weighted by molar-refractivity contribution is 7.91. The number of pyridine rings is 1. The van der Waals surface area contributed by atoms with E-state index in [-0.39, 0.29) is 10.7 Å². The number of nitrogen functional groups attached to an aromatic ring is 1. The predicted molar refractivity (Wildman–Crippen MR) is 82.3 cm³/mol. The molecule has 0 unspecified atom stereocenters. The summed E-state index contributed by atoms with van der Waals surface area (Å²) in [7, 11) is -3.47. The van der Waals surface area contributed by atoms with Crippen LogP contribution in [0.2, 0.25) is 0 Å². The summed E-state index contributed by atoms with van der Waals surface area (Å²) in [6.07, 6.45) is 6.25. The molecular formula is C13H19N5O2S. The summed E-state index contributed by atoms with van der Waals surface area (Å²) in [5.74, 6) is 0.392. The predicted octanol–water partition coefficient (Wildman–Crippen LogP) is 1.46. The van der Waals surface area contributed by atoms with Gasteiger partial charge in [0.25, 0.3) is 0 Å². The fraction of sp³-hybridized carbons (Fsp3) is 0.385. The first-order valence-corrected chi connectivity index (χ1v) is 8.57. The minimum absolute atomic E-state index is 0.0374. The van der Waals surface area contributed by atoms with E-state index in [0.29, 0.717) is 18.1 Å². The van der Waals surface area contributed by atoms with Crippen LogP contribution in [-0.4, -0.2) is 36.0 Å². The monoisotopic (exact) mass is 309 g/mol. The third kappa shape index (κ3) is 3.33. The lowest BCUT2D eigenvalue weighted by molar-refractivity contribution is 0.602. The molecule has 2 rings (SSSR count). The molecule has 114 valence electrons. The van der Waals surface area contributed by atoms with Gasteiger partial charge in [0.15, 0.2) is 20.6 Å². The molecule has 0 aliphatic rings. The molecule has 0 aromatic carbocycles. The van der Waals surface area contributed by atoms with Gasteiger partial charge in [-0.1, -0.05) is 13.3 Å². The number of anilines is 2. The van der Waals surface area contributed by atoms with E-state index in [4.69, 9.17) is 5.73 Å². The van der Waals surface area contributed by atoms with Crippen molar-refractivity contribution < 1.29 is 8.42 Å². The molecule has 0 radical (unpaired) electrons. The van der Waals surface area contributed by atoms with Crippen LogP contribution in [0.1, 0.15) is 19.8 Å². The quantitative estimate of drug-likeness (QED) is 0.783. The Balaban J connectivity index is 2.50. The van der Waals surface area contributed by atoms with Gasteiger partial charge >= 0.3 is 0 Å². The summed E-state index contributed by atoms with van der Waals surface area (Å²) < 4.78 is 25.3. The Morgan fingerprint density at radius 3 is 2.57 bits per heavy atom. The highest BCUT2D eigenvalue weighted by Crippen LogP contribution is 2.29. The first kappa shape index (κ1) is 15.3. The van der Waals surface area contributed by atoms with E-state index in [9.17, 15) is 8.42 Å². The molecule has 2 aromatic rings. The summed E-state index contributed by atoms with van der Waals surface area (Å²) in [4.78, 5) is 3.96. The zero-order valence-corrected chi connectivity index (χ0v) is 12.9. The number of sulfone groups is 1. The third-order valence-corrected chi connectivity index (χ3v) is 4.12. The Bertz CT molecular complexity index is 710. The normalized spacial score (nSPS) is 11.5. The molecule has 0 aliphatic carbocycles. The summed E-state index contributed by atoms with van der Waals surface area (Å²) in [6.45, 7) is 2.70. The maximum absolute atomic E-state index is 12.0. The topological polar surface area (TPSA) is 103 Å². The number of nitrogens with two attached hydrogens (primary N) is 1. The van der Waals surface area contributed by atoms with Crippen LogP contribution < -0.4 is 11.1 Å². The first-order valence-electron chi connectivity index (χ1n) is 6.68. The summed E-state index contributed by atoms with van der Waals surface area (Å²) in [5.41, 5.74) is 6.65. The van der Waals surface area contributed by atoms with E-state index < -0.39 is 9.84 Å². The van der Waals surface area contributed by atoms with Crippen molar-refractivity contribution in [1.29, 1.82) is 0 Å². The summed E-state index contributed by atoms with van der Waals surface area (Å²) >= 11 is 0. The van der Waals surface area contributed by atoms with Crippen molar-refractivity contribution in [2.75, 3.05) is 23.9 Å². The molecule has 0 aliphatic heterocycles. The number of hydrogen-bond acceptors (Lipinski definition) is 6. The Kier molecular flexibility index (Phi) is 4.46. The maximum atomic E-state index is 12.0. The fourth-order valence-electron chi connectivity index (χ4n) is 1.96. The van der Waals surface area contributed by atoms with E-state index in [0.717, 1.165) is 19.1 Å². The van der Waals surface area contributed by atoms with Gasteiger partial charge in [0.1, 0.15) is 5.82 Å². The van der Waals surface area contributed by atoms with E-state index in [2.05, 4.69) is 22.3 Å². The van der Waals surface area contributed by atoms with Gasteiger partial charge in [0.05, 0.1) is 5.69 Å². The zero-order valence-electron chi connectivity index (χ0n) is 12.1. The average Bonchev–Trinajstić information content (AvgIpc) is 2.77. The second-order valence-corrected chi connectivity index (χ2v) is 6.69. The van der Waals surface area contributed by atoms with Gasteiger partial charge in [0, 0.05) is 25.2 Å². The van der Waals surface area contributed by atoms with Crippen LogP contribution in [0.15, 0.2) is 29.4 Å². The Labute approximate surface area is 124 Å². The summed E-state index contributed by atoms with van der Waals surface area (Å²) in [5, 5.41) is 7.34. The van der Waals surface area contributed by atoms with Crippen LogP contribution in [0, 0.1) is 0 Å². The van der Waals surface area contributed by atoms with Gasteiger partial charge in [-0.15, -0.1) is 5.10 Å². The van der Waals surface area contributed by atoms with Gasteiger partial charge in [-0.25, -0.2) is 13.1 Å². The molecule has 0 spiro atoms. The molecule has 0 fully saturated rings. The van der Waals surface area contributed by atoms with E-state index >= 15 is 0 Å². The zero-order chi connectivity index (χ0) is 15.5. The van der Waals surface area contributed by atoms with Crippen molar-refractivity contribution in [2.45, 2.75) is 24.7 Å². The van der Waals surface area contributed by atoms with Crippen LogP contribution in [0.25, 0.3) is 5.69 Å². The van der Waals surface area contributed by atoms with Gasteiger partial charge in [0.2, 0.25) is 0 Å². The Hall–Kier alpha value is -2.09. The maximum Gasteiger partial charge on any atom is 0.182 e. The molecule has 8 heteroatoms. The molecule has 0 amide bonds. The second-order valence-electron chi connectivity index (χ2n) is 4.73. The second kappa shape index (κ2) is 6.13. The number of rotatable bonds is 6. The lowest BCUT2D eigenvalue weighted by Crippen LogP contribution is -2.07. The van der Waals surface area contributed by atoms with E-state index in [1.807, 2.05) is 0 Å². The number of nitrogens with one attached hydrogen (secondary N) is 1. The molecule has 3 N–H and O–H groups in total. The SMILES string of the molecule is CCCCNc1nn(-c2ccncc2)c(N)c1S(C)(=O)=O. The van der Waals surface area contributed by atoms with Crippen molar-refractivity contribution in [2.24, 2.45) is 0 Å². The van der Waals surface area contributed by atoms with Crippen molar-refractivity contribution in [3.05, 3.63) is 24.5 Å². The summed E-state index contributed by atoms with van der Waals surface area (Å²) in [6, 6.07) is 3.43. The van der Waals surface area contributed by atoms with Crippen LogP contribution in [-0.2, 0) is 9.84 Å². The standard InChI is InChI=1S/C13H19N5O2S/c1-3-4-7-16-13-11(21(2,19)20)12(14)18(17-13)10-5-8-15-9-6-10/h5-6,8-9H,3-4,7,14H2,1-2H3,(H,16,17). The highest BCUT2D eigenvalue weighted by Gasteiger charge is 2.24. The average molecular weight is 309 g/mol. The van der Waals surface area contributed by atoms with Gasteiger partial charge in [-0.2, -0.15) is 0 Å². The third-order valence-electron chi connectivity index (χ3n) is 2.98.